The predicted molar refractivity (Wildman–Crippen MR) is 95.3 cm³/mol. The average molecular weight is 437 g/mol. The molecule has 112 valence electrons. The number of nitrogen functional groups attached to an aromatic ring is 1. The number of sulfonamides is 1. The van der Waals surface area contributed by atoms with Gasteiger partial charge in [0.2, 0.25) is 0 Å². The minimum absolute atomic E-state index is 0.192. The van der Waals surface area contributed by atoms with E-state index in [1.54, 1.807) is 44.2 Å². The first-order chi connectivity index (χ1) is 9.72. The molecule has 0 unspecified atom stereocenters. The van der Waals surface area contributed by atoms with Gasteiger partial charge in [0.1, 0.15) is 0 Å². The van der Waals surface area contributed by atoms with Crippen molar-refractivity contribution in [2.45, 2.75) is 18.7 Å². The zero-order chi connectivity index (χ0) is 15.8. The Kier molecular flexibility index (Phi) is 4.69. The summed E-state index contributed by atoms with van der Waals surface area (Å²) < 4.78 is 28.7. The van der Waals surface area contributed by atoms with Crippen molar-refractivity contribution in [3.8, 4) is 0 Å². The van der Waals surface area contributed by atoms with Crippen LogP contribution in [0.2, 0.25) is 5.02 Å². The van der Waals surface area contributed by atoms with Gasteiger partial charge in [-0.1, -0.05) is 17.7 Å². The summed E-state index contributed by atoms with van der Waals surface area (Å²) in [6.45, 7) is 3.42. The molecule has 0 radical (unpaired) electrons. The van der Waals surface area contributed by atoms with Gasteiger partial charge in [0, 0.05) is 9.26 Å². The second kappa shape index (κ2) is 6.02. The summed E-state index contributed by atoms with van der Waals surface area (Å²) in [6, 6.07) is 8.50. The van der Waals surface area contributed by atoms with Gasteiger partial charge in [-0.25, -0.2) is 8.42 Å². The van der Waals surface area contributed by atoms with E-state index in [2.05, 4.69) is 27.3 Å². The van der Waals surface area contributed by atoms with Crippen LogP contribution in [-0.2, 0) is 10.0 Å². The van der Waals surface area contributed by atoms with E-state index in [-0.39, 0.29) is 4.90 Å². The van der Waals surface area contributed by atoms with Crippen LogP contribution < -0.4 is 10.5 Å². The van der Waals surface area contributed by atoms with Crippen molar-refractivity contribution in [1.29, 1.82) is 0 Å². The normalized spacial score (nSPS) is 11.4. The Hall–Kier alpha value is -0.990. The minimum Gasteiger partial charge on any atom is -0.398 e. The van der Waals surface area contributed by atoms with Gasteiger partial charge in [0.15, 0.2) is 0 Å². The van der Waals surface area contributed by atoms with Crippen LogP contribution in [0.15, 0.2) is 35.2 Å². The second-order valence-electron chi connectivity index (χ2n) is 4.66. The molecule has 0 amide bonds. The second-order valence-corrected chi connectivity index (χ2v) is 7.93. The molecule has 21 heavy (non-hydrogen) atoms. The predicted octanol–water partition coefficient (Wildman–Crippen LogP) is 3.94. The molecule has 0 saturated carbocycles. The highest BCUT2D eigenvalue weighted by atomic mass is 127. The highest BCUT2D eigenvalue weighted by Gasteiger charge is 2.21. The third kappa shape index (κ3) is 3.44. The van der Waals surface area contributed by atoms with E-state index in [0.29, 0.717) is 27.5 Å². The first kappa shape index (κ1) is 16.4. The maximum Gasteiger partial charge on any atom is 0.262 e. The van der Waals surface area contributed by atoms with Crippen LogP contribution in [0.25, 0.3) is 0 Å². The molecule has 4 nitrogen and oxygen atoms in total. The zero-order valence-electron chi connectivity index (χ0n) is 11.4. The first-order valence-corrected chi connectivity index (χ1v) is 9.00. The lowest BCUT2D eigenvalue weighted by atomic mass is 10.1. The van der Waals surface area contributed by atoms with Gasteiger partial charge >= 0.3 is 0 Å². The third-order valence-electron chi connectivity index (χ3n) is 3.09. The fraction of sp³-hybridized carbons (Fsp3) is 0.143. The summed E-state index contributed by atoms with van der Waals surface area (Å²) in [4.78, 5) is 0.192. The Labute approximate surface area is 142 Å². The lowest BCUT2D eigenvalue weighted by molar-refractivity contribution is 0.600. The maximum absolute atomic E-state index is 12.6. The number of hydrogen-bond donors (Lipinski definition) is 2. The molecule has 0 spiro atoms. The van der Waals surface area contributed by atoms with Gasteiger partial charge in [-0.05, 0) is 71.8 Å². The highest BCUT2D eigenvalue weighted by molar-refractivity contribution is 14.1. The quantitative estimate of drug-likeness (QED) is 0.565. The summed E-state index contributed by atoms with van der Waals surface area (Å²) >= 11 is 8.19. The van der Waals surface area contributed by atoms with Gasteiger partial charge in [0.25, 0.3) is 10.0 Å². The molecule has 7 heteroatoms. The summed E-state index contributed by atoms with van der Waals surface area (Å²) in [5, 5.41) is 0.352. The molecule has 2 aromatic rings. The lowest BCUT2D eigenvalue weighted by Gasteiger charge is -2.15. The summed E-state index contributed by atoms with van der Waals surface area (Å²) in [6.07, 6.45) is 0. The number of hydrogen-bond acceptors (Lipinski definition) is 3. The average Bonchev–Trinajstić information content (AvgIpc) is 2.37. The van der Waals surface area contributed by atoms with Crippen LogP contribution >= 0.6 is 34.2 Å². The number of benzene rings is 2. The monoisotopic (exact) mass is 436 g/mol. The van der Waals surface area contributed by atoms with E-state index >= 15 is 0 Å². The molecule has 0 aliphatic rings. The summed E-state index contributed by atoms with van der Waals surface area (Å²) in [5.41, 5.74) is 7.76. The summed E-state index contributed by atoms with van der Waals surface area (Å²) in [5.74, 6) is 0. The van der Waals surface area contributed by atoms with Gasteiger partial charge in [0.05, 0.1) is 15.6 Å². The van der Waals surface area contributed by atoms with E-state index in [4.69, 9.17) is 17.3 Å². The van der Waals surface area contributed by atoms with E-state index in [1.165, 1.54) is 0 Å². The molecule has 0 saturated heterocycles. The molecule has 0 heterocycles. The number of halogens is 2. The van der Waals surface area contributed by atoms with Crippen LogP contribution in [-0.4, -0.2) is 8.42 Å². The van der Waals surface area contributed by atoms with Gasteiger partial charge < -0.3 is 5.73 Å². The molecule has 0 atom stereocenters. The Morgan fingerprint density at radius 1 is 1.19 bits per heavy atom. The molecular weight excluding hydrogens is 423 g/mol. The van der Waals surface area contributed by atoms with Crippen molar-refractivity contribution >= 4 is 55.6 Å². The first-order valence-electron chi connectivity index (χ1n) is 6.06. The van der Waals surface area contributed by atoms with E-state index in [9.17, 15) is 8.42 Å². The molecule has 0 aliphatic heterocycles. The highest BCUT2D eigenvalue weighted by Crippen LogP contribution is 2.30. The molecule has 2 rings (SSSR count). The number of anilines is 2. The molecule has 0 fully saturated rings. The Morgan fingerprint density at radius 2 is 1.86 bits per heavy atom. The van der Waals surface area contributed by atoms with Crippen molar-refractivity contribution < 1.29 is 8.42 Å². The van der Waals surface area contributed by atoms with E-state index in [0.717, 1.165) is 3.57 Å². The largest absolute Gasteiger partial charge is 0.398 e. The smallest absolute Gasteiger partial charge is 0.262 e. The molecule has 0 aliphatic carbocycles. The van der Waals surface area contributed by atoms with Crippen molar-refractivity contribution in [1.82, 2.24) is 0 Å². The van der Waals surface area contributed by atoms with Gasteiger partial charge in [-0.2, -0.15) is 0 Å². The Morgan fingerprint density at radius 3 is 2.48 bits per heavy atom. The van der Waals surface area contributed by atoms with Crippen LogP contribution in [0.4, 0.5) is 11.4 Å². The van der Waals surface area contributed by atoms with Crippen LogP contribution in [0.1, 0.15) is 11.1 Å². The van der Waals surface area contributed by atoms with Crippen molar-refractivity contribution in [2.75, 3.05) is 10.5 Å². The lowest BCUT2D eigenvalue weighted by Crippen LogP contribution is -2.16. The van der Waals surface area contributed by atoms with Crippen LogP contribution in [0.3, 0.4) is 0 Å². The Balaban J connectivity index is 2.51. The van der Waals surface area contributed by atoms with Crippen molar-refractivity contribution in [3.05, 3.63) is 50.1 Å². The van der Waals surface area contributed by atoms with Crippen LogP contribution in [0.5, 0.6) is 0 Å². The SMILES string of the molecule is Cc1ccc(N)c(C)c1S(=O)(=O)Nc1ccc(I)cc1Cl. The fourth-order valence-corrected chi connectivity index (χ4v) is 4.57. The van der Waals surface area contributed by atoms with Gasteiger partial charge in [-0.15, -0.1) is 0 Å². The number of nitrogens with one attached hydrogen (secondary N) is 1. The molecule has 0 bridgehead atoms. The molecule has 0 aromatic heterocycles. The van der Waals surface area contributed by atoms with E-state index < -0.39 is 10.0 Å². The number of nitrogens with two attached hydrogens (primary N) is 1. The molecule has 3 N–H and O–H groups in total. The van der Waals surface area contributed by atoms with Gasteiger partial charge in [-0.3, -0.25) is 4.72 Å². The fourth-order valence-electron chi connectivity index (χ4n) is 2.02. The minimum atomic E-state index is -3.75. The molecule has 2 aromatic carbocycles. The topological polar surface area (TPSA) is 72.2 Å². The number of aryl methyl sites for hydroxylation is 1. The van der Waals surface area contributed by atoms with Crippen molar-refractivity contribution in [2.24, 2.45) is 0 Å². The molecular formula is C14H14ClIN2O2S. The zero-order valence-corrected chi connectivity index (χ0v) is 15.2. The Bertz CT molecular complexity index is 807. The number of rotatable bonds is 3. The maximum atomic E-state index is 12.6. The third-order valence-corrected chi connectivity index (χ3v) is 5.73. The standard InChI is InChI=1S/C14H14ClIN2O2S/c1-8-3-5-12(17)9(2)14(8)21(19,20)18-13-6-4-10(16)7-11(13)15/h3-7,18H,17H2,1-2H3. The summed E-state index contributed by atoms with van der Waals surface area (Å²) in [7, 11) is -3.75. The van der Waals surface area contributed by atoms with E-state index in [1.807, 2.05) is 0 Å². The van der Waals surface area contributed by atoms with Crippen LogP contribution in [0, 0.1) is 17.4 Å². The van der Waals surface area contributed by atoms with Crippen molar-refractivity contribution in [3.63, 3.8) is 0 Å².